The summed E-state index contributed by atoms with van der Waals surface area (Å²) in [6.07, 6.45) is 8.66. The van der Waals surface area contributed by atoms with E-state index in [-0.39, 0.29) is 11.9 Å². The zero-order valence-corrected chi connectivity index (χ0v) is 15.5. The molecule has 1 aromatic heterocycles. The molecule has 3 nitrogen and oxygen atoms in total. The fraction of sp³-hybridized carbons (Fsp3) is 0.208. The molecule has 2 N–H and O–H groups in total. The van der Waals surface area contributed by atoms with Crippen LogP contribution in [0.25, 0.3) is 28.5 Å². The van der Waals surface area contributed by atoms with Crippen LogP contribution in [0.4, 0.5) is 0 Å². The van der Waals surface area contributed by atoms with Crippen LogP contribution in [0.5, 0.6) is 5.75 Å². The Morgan fingerprint density at radius 1 is 0.889 bits per heavy atom. The van der Waals surface area contributed by atoms with Crippen LogP contribution in [-0.4, -0.2) is 21.3 Å². The summed E-state index contributed by atoms with van der Waals surface area (Å²) in [4.78, 5) is 4.57. The van der Waals surface area contributed by atoms with Gasteiger partial charge in [0.25, 0.3) is 0 Å². The maximum absolute atomic E-state index is 9.40. The molecule has 0 saturated carbocycles. The molecule has 1 unspecified atom stereocenters. The van der Waals surface area contributed by atoms with Gasteiger partial charge in [-0.2, -0.15) is 0 Å². The van der Waals surface area contributed by atoms with E-state index in [1.807, 2.05) is 31.3 Å². The van der Waals surface area contributed by atoms with Crippen LogP contribution in [0.1, 0.15) is 31.7 Å². The first-order valence-electron chi connectivity index (χ1n) is 9.32. The monoisotopic (exact) mass is 359 g/mol. The van der Waals surface area contributed by atoms with Crippen LogP contribution in [0, 0.1) is 0 Å². The lowest BCUT2D eigenvalue weighted by Gasteiger charge is -2.05. The van der Waals surface area contributed by atoms with Crippen LogP contribution < -0.4 is 0 Å². The van der Waals surface area contributed by atoms with E-state index in [0.717, 1.165) is 47.2 Å². The van der Waals surface area contributed by atoms with Gasteiger partial charge in [-0.15, -0.1) is 0 Å². The van der Waals surface area contributed by atoms with E-state index in [1.165, 1.54) is 0 Å². The third-order valence-corrected chi connectivity index (χ3v) is 4.47. The number of aliphatic hydroxyl groups is 1. The summed E-state index contributed by atoms with van der Waals surface area (Å²) in [5.41, 5.74) is 5.28. The summed E-state index contributed by atoms with van der Waals surface area (Å²) in [5.74, 6) is 0.275. The molecule has 0 fully saturated rings. The number of pyridine rings is 1. The standard InChI is InChI=1S/C24H25NO2/c1-18(26)5-3-2-4-6-19-7-16-24(25-17-19)22-10-8-20(9-11-22)21-12-14-23(27)15-13-21/h4,6-18,26-27H,2-3,5H2,1H3. The number of aromatic nitrogens is 1. The fourth-order valence-corrected chi connectivity index (χ4v) is 2.91. The van der Waals surface area contributed by atoms with Crippen molar-refractivity contribution < 1.29 is 10.2 Å². The summed E-state index contributed by atoms with van der Waals surface area (Å²) in [6.45, 7) is 1.82. The minimum absolute atomic E-state index is 0.222. The molecule has 0 aliphatic carbocycles. The number of hydrogen-bond donors (Lipinski definition) is 2. The highest BCUT2D eigenvalue weighted by molar-refractivity contribution is 5.69. The summed E-state index contributed by atoms with van der Waals surface area (Å²) >= 11 is 0. The Bertz CT molecular complexity index is 864. The molecule has 2 aromatic carbocycles. The van der Waals surface area contributed by atoms with Gasteiger partial charge in [0.15, 0.2) is 0 Å². The molecule has 27 heavy (non-hydrogen) atoms. The number of aromatic hydroxyl groups is 1. The molecule has 0 bridgehead atoms. The molecule has 0 aliphatic heterocycles. The quantitative estimate of drug-likeness (QED) is 0.533. The van der Waals surface area contributed by atoms with Gasteiger partial charge in [0.1, 0.15) is 5.75 Å². The largest absolute Gasteiger partial charge is 0.508 e. The van der Waals surface area contributed by atoms with Crippen molar-refractivity contribution in [3.05, 3.63) is 78.5 Å². The predicted molar refractivity (Wildman–Crippen MR) is 111 cm³/mol. The molecule has 1 atom stereocenters. The first-order chi connectivity index (χ1) is 13.1. The van der Waals surface area contributed by atoms with Crippen molar-refractivity contribution in [1.82, 2.24) is 4.98 Å². The average Bonchev–Trinajstić information content (AvgIpc) is 2.69. The van der Waals surface area contributed by atoms with E-state index in [9.17, 15) is 10.2 Å². The molecule has 3 heteroatoms. The van der Waals surface area contributed by atoms with Gasteiger partial charge in [0.05, 0.1) is 11.8 Å². The minimum atomic E-state index is -0.222. The number of nitrogens with zero attached hydrogens (tertiary/aromatic N) is 1. The highest BCUT2D eigenvalue weighted by Crippen LogP contribution is 2.25. The van der Waals surface area contributed by atoms with E-state index in [2.05, 4.69) is 47.5 Å². The predicted octanol–water partition coefficient (Wildman–Crippen LogP) is 5.69. The highest BCUT2D eigenvalue weighted by atomic mass is 16.3. The Morgan fingerprint density at radius 2 is 1.52 bits per heavy atom. The van der Waals surface area contributed by atoms with Crippen LogP contribution in [0.2, 0.25) is 0 Å². The van der Waals surface area contributed by atoms with Gasteiger partial charge in [-0.25, -0.2) is 0 Å². The molecule has 0 radical (unpaired) electrons. The van der Waals surface area contributed by atoms with Crippen molar-refractivity contribution in [2.75, 3.05) is 0 Å². The smallest absolute Gasteiger partial charge is 0.115 e. The normalized spacial score (nSPS) is 12.4. The maximum Gasteiger partial charge on any atom is 0.115 e. The van der Waals surface area contributed by atoms with E-state index in [0.29, 0.717) is 0 Å². The van der Waals surface area contributed by atoms with Crippen molar-refractivity contribution in [1.29, 1.82) is 0 Å². The number of benzene rings is 2. The number of phenols is 1. The highest BCUT2D eigenvalue weighted by Gasteiger charge is 2.02. The summed E-state index contributed by atoms with van der Waals surface area (Å²) in [7, 11) is 0. The van der Waals surface area contributed by atoms with Crippen molar-refractivity contribution in [3.8, 4) is 28.1 Å². The number of rotatable bonds is 7. The minimum Gasteiger partial charge on any atom is -0.508 e. The molecular formula is C24H25NO2. The van der Waals surface area contributed by atoms with Gasteiger partial charge < -0.3 is 10.2 Å². The molecular weight excluding hydrogens is 334 g/mol. The Balaban J connectivity index is 1.63. The Morgan fingerprint density at radius 3 is 2.11 bits per heavy atom. The average molecular weight is 359 g/mol. The first-order valence-corrected chi connectivity index (χ1v) is 9.32. The summed E-state index contributed by atoms with van der Waals surface area (Å²) < 4.78 is 0. The Hall–Kier alpha value is -2.91. The van der Waals surface area contributed by atoms with E-state index < -0.39 is 0 Å². The van der Waals surface area contributed by atoms with E-state index in [1.54, 1.807) is 12.1 Å². The molecule has 3 aromatic rings. The molecule has 138 valence electrons. The Kier molecular flexibility index (Phi) is 6.39. The van der Waals surface area contributed by atoms with Gasteiger partial charge >= 0.3 is 0 Å². The fourth-order valence-electron chi connectivity index (χ4n) is 2.91. The molecule has 1 heterocycles. The summed E-state index contributed by atoms with van der Waals surface area (Å²) in [5, 5.41) is 18.7. The summed E-state index contributed by atoms with van der Waals surface area (Å²) in [6, 6.07) is 19.6. The topological polar surface area (TPSA) is 53.4 Å². The first kappa shape index (κ1) is 18.9. The number of phenolic OH excluding ortho intramolecular Hbond substituents is 1. The third-order valence-electron chi connectivity index (χ3n) is 4.47. The molecule has 0 amide bonds. The number of unbranched alkanes of at least 4 members (excludes halogenated alkanes) is 1. The van der Waals surface area contributed by atoms with Gasteiger partial charge in [-0.1, -0.05) is 54.6 Å². The SMILES string of the molecule is CC(O)CCCC=Cc1ccc(-c2ccc(-c3ccc(O)cc3)cc2)nc1. The molecule has 0 saturated heterocycles. The maximum atomic E-state index is 9.40. The zero-order valence-electron chi connectivity index (χ0n) is 15.5. The number of allylic oxidation sites excluding steroid dienone is 1. The van der Waals surface area contributed by atoms with Crippen LogP contribution in [0.3, 0.4) is 0 Å². The zero-order chi connectivity index (χ0) is 19.1. The Labute approximate surface area is 160 Å². The second kappa shape index (κ2) is 9.15. The van der Waals surface area contributed by atoms with E-state index >= 15 is 0 Å². The number of aliphatic hydroxyl groups excluding tert-OH is 1. The van der Waals surface area contributed by atoms with Crippen LogP contribution >= 0.6 is 0 Å². The lowest BCUT2D eigenvalue weighted by atomic mass is 10.0. The van der Waals surface area contributed by atoms with Crippen LogP contribution in [-0.2, 0) is 0 Å². The molecule has 0 spiro atoms. The van der Waals surface area contributed by atoms with Crippen LogP contribution in [0.15, 0.2) is 72.9 Å². The lowest BCUT2D eigenvalue weighted by molar-refractivity contribution is 0.182. The van der Waals surface area contributed by atoms with Gasteiger partial charge in [-0.05, 0) is 61.1 Å². The lowest BCUT2D eigenvalue weighted by Crippen LogP contribution is -1.97. The molecule has 3 rings (SSSR count). The van der Waals surface area contributed by atoms with Crippen molar-refractivity contribution in [2.24, 2.45) is 0 Å². The van der Waals surface area contributed by atoms with Gasteiger partial charge in [0.2, 0.25) is 0 Å². The number of hydrogen-bond acceptors (Lipinski definition) is 3. The van der Waals surface area contributed by atoms with Gasteiger partial charge in [0, 0.05) is 11.8 Å². The van der Waals surface area contributed by atoms with Crippen molar-refractivity contribution >= 4 is 6.08 Å². The molecule has 0 aliphatic rings. The second-order valence-corrected chi connectivity index (χ2v) is 6.78. The van der Waals surface area contributed by atoms with Crippen molar-refractivity contribution in [2.45, 2.75) is 32.3 Å². The third kappa shape index (κ3) is 5.53. The van der Waals surface area contributed by atoms with E-state index in [4.69, 9.17) is 0 Å². The van der Waals surface area contributed by atoms with Crippen molar-refractivity contribution in [3.63, 3.8) is 0 Å². The second-order valence-electron chi connectivity index (χ2n) is 6.78. The van der Waals surface area contributed by atoms with Gasteiger partial charge in [-0.3, -0.25) is 4.98 Å².